The predicted octanol–water partition coefficient (Wildman–Crippen LogP) is 0.211. The quantitative estimate of drug-likeness (QED) is 0.819. The van der Waals surface area contributed by atoms with E-state index < -0.39 is 14.6 Å². The molecule has 0 saturated heterocycles. The SMILES string of the molecule is CNCc1ncn(CCS(=O)(=O)C(C)(C)C)n1. The van der Waals surface area contributed by atoms with E-state index in [4.69, 9.17) is 0 Å². The van der Waals surface area contributed by atoms with Crippen molar-refractivity contribution in [2.24, 2.45) is 0 Å². The number of nitrogens with zero attached hydrogens (tertiary/aromatic N) is 3. The Bertz CT molecular complexity index is 459. The summed E-state index contributed by atoms with van der Waals surface area (Å²) >= 11 is 0. The Morgan fingerprint density at radius 3 is 2.59 bits per heavy atom. The third kappa shape index (κ3) is 3.78. The largest absolute Gasteiger partial charge is 0.313 e. The maximum atomic E-state index is 11.9. The molecule has 0 aromatic carbocycles. The first-order valence-electron chi connectivity index (χ1n) is 5.51. The summed E-state index contributed by atoms with van der Waals surface area (Å²) in [5.41, 5.74) is 0. The average molecular weight is 260 g/mol. The van der Waals surface area contributed by atoms with Crippen LogP contribution in [0.5, 0.6) is 0 Å². The van der Waals surface area contributed by atoms with E-state index in [1.54, 1.807) is 31.8 Å². The van der Waals surface area contributed by atoms with E-state index in [1.807, 2.05) is 7.05 Å². The summed E-state index contributed by atoms with van der Waals surface area (Å²) in [4.78, 5) is 4.06. The van der Waals surface area contributed by atoms with Gasteiger partial charge in [-0.1, -0.05) is 0 Å². The van der Waals surface area contributed by atoms with Gasteiger partial charge >= 0.3 is 0 Å². The van der Waals surface area contributed by atoms with Crippen LogP contribution in [0.2, 0.25) is 0 Å². The second kappa shape index (κ2) is 5.14. The molecule has 1 heterocycles. The van der Waals surface area contributed by atoms with Crippen LogP contribution >= 0.6 is 0 Å². The second-order valence-corrected chi connectivity index (χ2v) is 7.75. The van der Waals surface area contributed by atoms with Crippen molar-refractivity contribution in [3.8, 4) is 0 Å². The van der Waals surface area contributed by atoms with Gasteiger partial charge in [-0.15, -0.1) is 0 Å². The molecule has 0 aliphatic rings. The van der Waals surface area contributed by atoms with Crippen LogP contribution in [0.25, 0.3) is 0 Å². The third-order valence-corrected chi connectivity index (χ3v) is 5.03. The molecule has 0 atom stereocenters. The molecular formula is C10H20N4O2S. The van der Waals surface area contributed by atoms with Crippen molar-refractivity contribution in [1.82, 2.24) is 20.1 Å². The molecule has 1 aromatic rings. The lowest BCUT2D eigenvalue weighted by Crippen LogP contribution is -2.32. The Kier molecular flexibility index (Phi) is 4.26. The zero-order valence-corrected chi connectivity index (χ0v) is 11.6. The lowest BCUT2D eigenvalue weighted by molar-refractivity contribution is 0.547. The standard InChI is InChI=1S/C10H20N4O2S/c1-10(2,3)17(15,16)6-5-14-8-12-9(13-14)7-11-4/h8,11H,5-7H2,1-4H3. The molecule has 0 unspecified atom stereocenters. The number of sulfone groups is 1. The van der Waals surface area contributed by atoms with E-state index in [9.17, 15) is 8.42 Å². The van der Waals surface area contributed by atoms with Crippen molar-refractivity contribution in [3.05, 3.63) is 12.2 Å². The first-order chi connectivity index (χ1) is 7.76. The molecule has 0 bridgehead atoms. The number of aryl methyl sites for hydroxylation is 1. The summed E-state index contributed by atoms with van der Waals surface area (Å²) in [5, 5.41) is 7.10. The van der Waals surface area contributed by atoms with Crippen LogP contribution in [0.1, 0.15) is 26.6 Å². The molecule has 7 heteroatoms. The molecule has 0 saturated carbocycles. The van der Waals surface area contributed by atoms with E-state index in [1.165, 1.54) is 0 Å². The highest BCUT2D eigenvalue weighted by molar-refractivity contribution is 7.92. The molecule has 1 aromatic heterocycles. The average Bonchev–Trinajstić information content (AvgIpc) is 2.62. The summed E-state index contributed by atoms with van der Waals surface area (Å²) < 4.78 is 24.6. The lowest BCUT2D eigenvalue weighted by Gasteiger charge is -2.18. The smallest absolute Gasteiger partial charge is 0.164 e. The Balaban J connectivity index is 2.62. The van der Waals surface area contributed by atoms with Gasteiger partial charge in [-0.2, -0.15) is 5.10 Å². The minimum absolute atomic E-state index is 0.0822. The zero-order valence-electron chi connectivity index (χ0n) is 10.8. The van der Waals surface area contributed by atoms with Gasteiger partial charge in [-0.05, 0) is 27.8 Å². The molecule has 6 nitrogen and oxygen atoms in total. The molecule has 0 radical (unpaired) electrons. The monoisotopic (exact) mass is 260 g/mol. The summed E-state index contributed by atoms with van der Waals surface area (Å²) in [5.74, 6) is 0.749. The highest BCUT2D eigenvalue weighted by atomic mass is 32.2. The topological polar surface area (TPSA) is 76.9 Å². The molecule has 1 rings (SSSR count). The van der Waals surface area contributed by atoms with Crippen LogP contribution in [0.3, 0.4) is 0 Å². The van der Waals surface area contributed by atoms with Gasteiger partial charge in [0, 0.05) is 0 Å². The number of rotatable bonds is 5. The van der Waals surface area contributed by atoms with Crippen molar-refractivity contribution >= 4 is 9.84 Å². The molecule has 0 aliphatic carbocycles. The number of hydrogen-bond acceptors (Lipinski definition) is 5. The van der Waals surface area contributed by atoms with E-state index in [0.717, 1.165) is 0 Å². The predicted molar refractivity (Wildman–Crippen MR) is 66.3 cm³/mol. The van der Waals surface area contributed by atoms with E-state index in [0.29, 0.717) is 18.9 Å². The molecule has 0 spiro atoms. The van der Waals surface area contributed by atoms with Gasteiger partial charge < -0.3 is 5.32 Å². The highest BCUT2D eigenvalue weighted by Crippen LogP contribution is 2.15. The first kappa shape index (κ1) is 14.1. The van der Waals surface area contributed by atoms with Crippen molar-refractivity contribution < 1.29 is 8.42 Å². The van der Waals surface area contributed by atoms with Gasteiger partial charge in [0.25, 0.3) is 0 Å². The summed E-state index contributed by atoms with van der Waals surface area (Å²) in [7, 11) is -1.29. The van der Waals surface area contributed by atoms with Gasteiger partial charge in [-0.3, -0.25) is 4.68 Å². The fraction of sp³-hybridized carbons (Fsp3) is 0.800. The fourth-order valence-corrected chi connectivity index (χ4v) is 2.24. The normalized spacial score (nSPS) is 12.9. The van der Waals surface area contributed by atoms with Crippen LogP contribution in [-0.4, -0.2) is 40.7 Å². The maximum absolute atomic E-state index is 11.9. The summed E-state index contributed by atoms with van der Waals surface area (Å²) in [6, 6.07) is 0. The molecule has 0 fully saturated rings. The van der Waals surface area contributed by atoms with Gasteiger partial charge in [0.2, 0.25) is 0 Å². The van der Waals surface area contributed by atoms with E-state index in [-0.39, 0.29) is 5.75 Å². The Morgan fingerprint density at radius 1 is 1.41 bits per heavy atom. The zero-order chi connectivity index (χ0) is 13.1. The van der Waals surface area contributed by atoms with Gasteiger partial charge in [0.15, 0.2) is 15.7 Å². The van der Waals surface area contributed by atoms with Crippen LogP contribution in [-0.2, 0) is 22.9 Å². The first-order valence-corrected chi connectivity index (χ1v) is 7.17. The highest BCUT2D eigenvalue weighted by Gasteiger charge is 2.28. The summed E-state index contributed by atoms with van der Waals surface area (Å²) in [6.45, 7) is 6.04. The van der Waals surface area contributed by atoms with Crippen molar-refractivity contribution in [1.29, 1.82) is 0 Å². The molecular weight excluding hydrogens is 240 g/mol. The third-order valence-electron chi connectivity index (χ3n) is 2.44. The molecule has 0 amide bonds. The Hall–Kier alpha value is -0.950. The molecule has 17 heavy (non-hydrogen) atoms. The minimum Gasteiger partial charge on any atom is -0.313 e. The Labute approximate surface area is 102 Å². The molecule has 1 N–H and O–H groups in total. The van der Waals surface area contributed by atoms with Gasteiger partial charge in [-0.25, -0.2) is 13.4 Å². The van der Waals surface area contributed by atoms with Gasteiger partial charge in [0.1, 0.15) is 6.33 Å². The van der Waals surface area contributed by atoms with Crippen LogP contribution in [0.4, 0.5) is 0 Å². The Morgan fingerprint density at radius 2 is 2.06 bits per heavy atom. The van der Waals surface area contributed by atoms with Crippen LogP contribution in [0, 0.1) is 0 Å². The van der Waals surface area contributed by atoms with E-state index >= 15 is 0 Å². The van der Waals surface area contributed by atoms with Gasteiger partial charge in [0.05, 0.1) is 23.6 Å². The van der Waals surface area contributed by atoms with Crippen LogP contribution < -0.4 is 5.32 Å². The van der Waals surface area contributed by atoms with Crippen LogP contribution in [0.15, 0.2) is 6.33 Å². The second-order valence-electron chi connectivity index (χ2n) is 4.89. The maximum Gasteiger partial charge on any atom is 0.164 e. The lowest BCUT2D eigenvalue weighted by atomic mass is 10.3. The molecule has 98 valence electrons. The van der Waals surface area contributed by atoms with Crippen molar-refractivity contribution in [3.63, 3.8) is 0 Å². The summed E-state index contributed by atoms with van der Waals surface area (Å²) in [6.07, 6.45) is 1.56. The molecule has 0 aliphatic heterocycles. The minimum atomic E-state index is -3.10. The van der Waals surface area contributed by atoms with E-state index in [2.05, 4.69) is 15.4 Å². The van der Waals surface area contributed by atoms with Crippen molar-refractivity contribution in [2.75, 3.05) is 12.8 Å². The number of hydrogen-bond donors (Lipinski definition) is 1. The number of aromatic nitrogens is 3. The fourth-order valence-electron chi connectivity index (χ4n) is 1.20. The number of nitrogens with one attached hydrogen (secondary N) is 1. The van der Waals surface area contributed by atoms with Crippen molar-refractivity contribution in [2.45, 2.75) is 38.6 Å².